The first-order valence-corrected chi connectivity index (χ1v) is 6.79. The summed E-state index contributed by atoms with van der Waals surface area (Å²) < 4.78 is 0. The van der Waals surface area contributed by atoms with Crippen LogP contribution in [0.1, 0.15) is 39.0 Å². The summed E-state index contributed by atoms with van der Waals surface area (Å²) in [5.74, 6) is 1.75. The van der Waals surface area contributed by atoms with Gasteiger partial charge in [-0.05, 0) is 18.8 Å². The van der Waals surface area contributed by atoms with E-state index in [0.717, 1.165) is 30.6 Å². The molecule has 106 valence electrons. The molecule has 0 spiro atoms. The van der Waals surface area contributed by atoms with Gasteiger partial charge in [-0.25, -0.2) is 4.79 Å². The Morgan fingerprint density at radius 3 is 2.68 bits per heavy atom. The third-order valence-electron chi connectivity index (χ3n) is 3.64. The average Bonchev–Trinajstić information content (AvgIpc) is 2.38. The van der Waals surface area contributed by atoms with Gasteiger partial charge in [-0.1, -0.05) is 32.1 Å². The van der Waals surface area contributed by atoms with Gasteiger partial charge in [-0.15, -0.1) is 6.42 Å². The maximum atomic E-state index is 12.1. The molecule has 2 atom stereocenters. The van der Waals surface area contributed by atoms with Crippen molar-refractivity contribution in [2.45, 2.75) is 45.1 Å². The van der Waals surface area contributed by atoms with Crippen LogP contribution in [0.25, 0.3) is 0 Å². The summed E-state index contributed by atoms with van der Waals surface area (Å²) in [6, 6.07) is -0.231. The molecule has 0 heterocycles. The molecule has 0 aromatic carbocycles. The number of urea groups is 1. The van der Waals surface area contributed by atoms with Crippen molar-refractivity contribution in [1.82, 2.24) is 10.2 Å². The van der Waals surface area contributed by atoms with E-state index in [1.165, 1.54) is 6.42 Å². The first-order valence-electron chi connectivity index (χ1n) is 6.79. The molecule has 0 aliphatic heterocycles. The SMILES string of the molecule is C#CCN(CC(=O)O)C(=O)NC1CCCCC1CC. The number of carboxylic acid groups (broad SMARTS) is 1. The Morgan fingerprint density at radius 2 is 2.11 bits per heavy atom. The number of aliphatic carboxylic acids is 1. The molecule has 19 heavy (non-hydrogen) atoms. The molecule has 2 N–H and O–H groups in total. The molecule has 1 fully saturated rings. The molecule has 5 heteroatoms. The summed E-state index contributed by atoms with van der Waals surface area (Å²) in [6.07, 6.45) is 10.6. The fourth-order valence-corrected chi connectivity index (χ4v) is 2.61. The molecule has 0 aromatic rings. The highest BCUT2D eigenvalue weighted by Crippen LogP contribution is 2.26. The van der Waals surface area contributed by atoms with Crippen molar-refractivity contribution in [2.24, 2.45) is 5.92 Å². The van der Waals surface area contributed by atoms with Crippen LogP contribution in [-0.4, -0.2) is 41.1 Å². The summed E-state index contributed by atoms with van der Waals surface area (Å²) in [4.78, 5) is 23.9. The van der Waals surface area contributed by atoms with Gasteiger partial charge in [0, 0.05) is 6.04 Å². The number of amides is 2. The number of carbonyl (C=O) groups is 2. The monoisotopic (exact) mass is 266 g/mol. The van der Waals surface area contributed by atoms with Crippen LogP contribution in [0.5, 0.6) is 0 Å². The zero-order valence-corrected chi connectivity index (χ0v) is 11.4. The molecule has 0 radical (unpaired) electrons. The standard InChI is InChI=1S/C14H22N2O3/c1-3-9-16(10-13(17)18)14(19)15-12-8-6-5-7-11(12)4-2/h1,11-12H,4-10H2,2H3,(H,15,19)(H,17,18). The Bertz CT molecular complexity index is 362. The first-order chi connectivity index (χ1) is 9.08. The average molecular weight is 266 g/mol. The molecule has 0 aromatic heterocycles. The lowest BCUT2D eigenvalue weighted by Gasteiger charge is -2.33. The molecule has 2 amide bonds. The number of terminal acetylenes is 1. The van der Waals surface area contributed by atoms with Crippen LogP contribution < -0.4 is 5.32 Å². The predicted molar refractivity (Wildman–Crippen MR) is 72.6 cm³/mol. The Labute approximate surface area is 114 Å². The van der Waals surface area contributed by atoms with Gasteiger partial charge in [-0.2, -0.15) is 0 Å². The van der Waals surface area contributed by atoms with Gasteiger partial charge in [0.15, 0.2) is 0 Å². The van der Waals surface area contributed by atoms with E-state index < -0.39 is 5.97 Å². The van der Waals surface area contributed by atoms with E-state index in [1.807, 2.05) is 0 Å². The van der Waals surface area contributed by atoms with Crippen LogP contribution in [0.4, 0.5) is 4.79 Å². The lowest BCUT2D eigenvalue weighted by Crippen LogP contribution is -2.49. The van der Waals surface area contributed by atoms with E-state index in [4.69, 9.17) is 11.5 Å². The zero-order chi connectivity index (χ0) is 14.3. The number of hydrogen-bond donors (Lipinski definition) is 2. The van der Waals surface area contributed by atoms with E-state index in [9.17, 15) is 9.59 Å². The number of nitrogens with one attached hydrogen (secondary N) is 1. The Kier molecular flexibility index (Phi) is 6.20. The second kappa shape index (κ2) is 7.67. The largest absolute Gasteiger partial charge is 0.480 e. The molecule has 5 nitrogen and oxygen atoms in total. The fraction of sp³-hybridized carbons (Fsp3) is 0.714. The lowest BCUT2D eigenvalue weighted by atomic mass is 9.83. The van der Waals surface area contributed by atoms with E-state index in [-0.39, 0.29) is 25.2 Å². The van der Waals surface area contributed by atoms with Crippen molar-refractivity contribution in [3.05, 3.63) is 0 Å². The smallest absolute Gasteiger partial charge is 0.323 e. The van der Waals surface area contributed by atoms with Crippen LogP contribution in [0.2, 0.25) is 0 Å². The van der Waals surface area contributed by atoms with E-state index in [1.54, 1.807) is 0 Å². The van der Waals surface area contributed by atoms with Gasteiger partial charge in [0.25, 0.3) is 0 Å². The summed E-state index contributed by atoms with van der Waals surface area (Å²) >= 11 is 0. The topological polar surface area (TPSA) is 69.6 Å². The molecule has 2 unspecified atom stereocenters. The fourth-order valence-electron chi connectivity index (χ4n) is 2.61. The Balaban J connectivity index is 2.59. The van der Waals surface area contributed by atoms with Crippen LogP contribution in [-0.2, 0) is 4.79 Å². The van der Waals surface area contributed by atoms with E-state index >= 15 is 0 Å². The van der Waals surface area contributed by atoms with Gasteiger partial charge in [0.2, 0.25) is 0 Å². The van der Waals surface area contributed by atoms with Gasteiger partial charge < -0.3 is 15.3 Å². The maximum Gasteiger partial charge on any atom is 0.323 e. The van der Waals surface area contributed by atoms with Crippen LogP contribution in [0.15, 0.2) is 0 Å². The van der Waals surface area contributed by atoms with Gasteiger partial charge >= 0.3 is 12.0 Å². The van der Waals surface area contributed by atoms with Crippen LogP contribution in [0.3, 0.4) is 0 Å². The Morgan fingerprint density at radius 1 is 1.42 bits per heavy atom. The third kappa shape index (κ3) is 4.82. The third-order valence-corrected chi connectivity index (χ3v) is 3.64. The van der Waals surface area contributed by atoms with Crippen molar-refractivity contribution in [3.63, 3.8) is 0 Å². The maximum absolute atomic E-state index is 12.1. The number of rotatable bonds is 5. The number of nitrogens with zero attached hydrogens (tertiary/aromatic N) is 1. The summed E-state index contributed by atoms with van der Waals surface area (Å²) in [5.41, 5.74) is 0. The quantitative estimate of drug-likeness (QED) is 0.744. The van der Waals surface area contributed by atoms with Crippen molar-refractivity contribution >= 4 is 12.0 Å². The molecule has 1 aliphatic rings. The van der Waals surface area contributed by atoms with E-state index in [2.05, 4.69) is 18.2 Å². The van der Waals surface area contributed by atoms with Crippen LogP contribution >= 0.6 is 0 Å². The normalized spacial score (nSPS) is 22.3. The molecular formula is C14H22N2O3. The van der Waals surface area contributed by atoms with Crippen molar-refractivity contribution < 1.29 is 14.7 Å². The molecular weight excluding hydrogens is 244 g/mol. The highest BCUT2D eigenvalue weighted by Gasteiger charge is 2.27. The highest BCUT2D eigenvalue weighted by atomic mass is 16.4. The van der Waals surface area contributed by atoms with Gasteiger partial charge in [-0.3, -0.25) is 4.79 Å². The van der Waals surface area contributed by atoms with Crippen molar-refractivity contribution in [1.29, 1.82) is 0 Å². The minimum Gasteiger partial charge on any atom is -0.480 e. The van der Waals surface area contributed by atoms with Crippen molar-refractivity contribution in [2.75, 3.05) is 13.1 Å². The minimum absolute atomic E-state index is 0.0155. The minimum atomic E-state index is -1.05. The lowest BCUT2D eigenvalue weighted by molar-refractivity contribution is -0.137. The second-order valence-corrected chi connectivity index (χ2v) is 4.96. The molecule has 0 saturated heterocycles. The predicted octanol–water partition coefficient (Wildman–Crippen LogP) is 1.68. The van der Waals surface area contributed by atoms with Gasteiger partial charge in [0.05, 0.1) is 6.54 Å². The number of carbonyl (C=O) groups excluding carboxylic acids is 1. The van der Waals surface area contributed by atoms with Crippen LogP contribution in [0, 0.1) is 18.3 Å². The number of carboxylic acids is 1. The summed E-state index contributed by atoms with van der Waals surface area (Å²) in [7, 11) is 0. The number of hydrogen-bond acceptors (Lipinski definition) is 2. The zero-order valence-electron chi connectivity index (χ0n) is 11.4. The molecule has 1 saturated carbocycles. The first kappa shape index (κ1) is 15.4. The summed E-state index contributed by atoms with van der Waals surface area (Å²) in [6.45, 7) is 1.77. The van der Waals surface area contributed by atoms with E-state index in [0.29, 0.717) is 5.92 Å². The molecule has 1 rings (SSSR count). The second-order valence-electron chi connectivity index (χ2n) is 4.96. The molecule has 1 aliphatic carbocycles. The highest BCUT2D eigenvalue weighted by molar-refractivity contribution is 5.80. The van der Waals surface area contributed by atoms with Crippen molar-refractivity contribution in [3.8, 4) is 12.3 Å². The Hall–Kier alpha value is -1.70. The summed E-state index contributed by atoms with van der Waals surface area (Å²) in [5, 5.41) is 11.7. The molecule has 0 bridgehead atoms. The van der Waals surface area contributed by atoms with Gasteiger partial charge in [0.1, 0.15) is 6.54 Å².